The first-order valence-electron chi connectivity index (χ1n) is 8.30. The lowest BCUT2D eigenvalue weighted by Crippen LogP contribution is -2.53. The molecule has 2 heterocycles. The molecular formula is C17H24N4O3. The molecule has 0 spiro atoms. The molecule has 1 saturated heterocycles. The van der Waals surface area contributed by atoms with Crippen LogP contribution in [-0.4, -0.2) is 74.0 Å². The van der Waals surface area contributed by atoms with Gasteiger partial charge in [-0.3, -0.25) is 9.59 Å². The standard InChI is InChI=1S/C17H24N4O3/c1-19-7-9-20(10-8-19)16(22)12-21-13-4-2-3-5-15(13)24-11-6-14(21)17(18)23/h2-5,14H,6-12H2,1H3,(H2,18,23). The average molecular weight is 332 g/mol. The number of hydrogen-bond acceptors (Lipinski definition) is 5. The molecule has 1 aromatic rings. The van der Waals surface area contributed by atoms with Crippen molar-refractivity contribution >= 4 is 17.5 Å². The number of benzene rings is 1. The van der Waals surface area contributed by atoms with Crippen LogP contribution in [0, 0.1) is 0 Å². The lowest BCUT2D eigenvalue weighted by Gasteiger charge is -2.35. The predicted octanol–water partition coefficient (Wildman–Crippen LogP) is -0.0966. The monoisotopic (exact) mass is 332 g/mol. The van der Waals surface area contributed by atoms with Crippen LogP contribution in [0.3, 0.4) is 0 Å². The summed E-state index contributed by atoms with van der Waals surface area (Å²) < 4.78 is 5.72. The van der Waals surface area contributed by atoms with Gasteiger partial charge in [-0.15, -0.1) is 0 Å². The fraction of sp³-hybridized carbons (Fsp3) is 0.529. The van der Waals surface area contributed by atoms with Gasteiger partial charge >= 0.3 is 0 Å². The van der Waals surface area contributed by atoms with Gasteiger partial charge in [0.2, 0.25) is 11.8 Å². The summed E-state index contributed by atoms with van der Waals surface area (Å²) in [5, 5.41) is 0. The van der Waals surface area contributed by atoms with Crippen molar-refractivity contribution in [3.05, 3.63) is 24.3 Å². The van der Waals surface area contributed by atoms with Gasteiger partial charge in [-0.2, -0.15) is 0 Å². The molecule has 2 aliphatic heterocycles. The third kappa shape index (κ3) is 3.46. The summed E-state index contributed by atoms with van der Waals surface area (Å²) in [6.07, 6.45) is 0.472. The normalized spacial score (nSPS) is 21.6. The maximum Gasteiger partial charge on any atom is 0.242 e. The quantitative estimate of drug-likeness (QED) is 0.836. The molecule has 2 aliphatic rings. The maximum absolute atomic E-state index is 12.7. The van der Waals surface area contributed by atoms with Gasteiger partial charge in [0.05, 0.1) is 18.8 Å². The summed E-state index contributed by atoms with van der Waals surface area (Å²) >= 11 is 0. The van der Waals surface area contributed by atoms with E-state index in [-0.39, 0.29) is 12.5 Å². The van der Waals surface area contributed by atoms with Crippen molar-refractivity contribution in [1.29, 1.82) is 0 Å². The van der Waals surface area contributed by atoms with Crippen molar-refractivity contribution in [3.8, 4) is 5.75 Å². The minimum Gasteiger partial charge on any atom is -0.491 e. The van der Waals surface area contributed by atoms with Crippen molar-refractivity contribution < 1.29 is 14.3 Å². The molecule has 7 nitrogen and oxygen atoms in total. The minimum absolute atomic E-state index is 0.0195. The molecule has 2 amide bonds. The molecule has 0 aromatic heterocycles. The highest BCUT2D eigenvalue weighted by atomic mass is 16.5. The lowest BCUT2D eigenvalue weighted by molar-refractivity contribution is -0.131. The summed E-state index contributed by atoms with van der Waals surface area (Å²) in [6.45, 7) is 3.70. The molecule has 0 saturated carbocycles. The van der Waals surface area contributed by atoms with Gasteiger partial charge in [-0.05, 0) is 19.2 Å². The summed E-state index contributed by atoms with van der Waals surface area (Å²) in [6, 6.07) is 6.94. The van der Waals surface area contributed by atoms with Crippen LogP contribution >= 0.6 is 0 Å². The van der Waals surface area contributed by atoms with Crippen LogP contribution in [-0.2, 0) is 9.59 Å². The Kier molecular flexibility index (Phi) is 4.89. The smallest absolute Gasteiger partial charge is 0.242 e. The number of rotatable bonds is 3. The van der Waals surface area contributed by atoms with Crippen LogP contribution in [0.5, 0.6) is 5.75 Å². The fourth-order valence-corrected chi connectivity index (χ4v) is 3.21. The van der Waals surface area contributed by atoms with Gasteiger partial charge in [0, 0.05) is 32.6 Å². The molecular weight excluding hydrogens is 308 g/mol. The van der Waals surface area contributed by atoms with Crippen molar-refractivity contribution in [2.75, 3.05) is 51.3 Å². The number of fused-ring (bicyclic) bond motifs is 1. The van der Waals surface area contributed by atoms with Crippen LogP contribution in [0.2, 0.25) is 0 Å². The summed E-state index contributed by atoms with van der Waals surface area (Å²) in [7, 11) is 2.05. The highest BCUT2D eigenvalue weighted by molar-refractivity contribution is 5.89. The highest BCUT2D eigenvalue weighted by Crippen LogP contribution is 2.32. The van der Waals surface area contributed by atoms with Crippen molar-refractivity contribution in [1.82, 2.24) is 9.80 Å². The SMILES string of the molecule is CN1CCN(C(=O)CN2c3ccccc3OCCC2C(N)=O)CC1. The molecule has 1 atom stereocenters. The first-order valence-corrected chi connectivity index (χ1v) is 8.30. The lowest BCUT2D eigenvalue weighted by atomic mass is 10.1. The van der Waals surface area contributed by atoms with E-state index in [1.807, 2.05) is 36.2 Å². The number of anilines is 1. The van der Waals surface area contributed by atoms with Crippen LogP contribution < -0.4 is 15.4 Å². The molecule has 130 valence electrons. The Morgan fingerprint density at radius 2 is 1.92 bits per heavy atom. The number of para-hydroxylation sites is 2. The number of carbonyl (C=O) groups excluding carboxylic acids is 2. The molecule has 1 unspecified atom stereocenters. The summed E-state index contributed by atoms with van der Waals surface area (Å²) in [4.78, 5) is 30.5. The first kappa shape index (κ1) is 16.6. The van der Waals surface area contributed by atoms with Gasteiger partial charge in [0.15, 0.2) is 0 Å². The van der Waals surface area contributed by atoms with E-state index in [1.165, 1.54) is 0 Å². The topological polar surface area (TPSA) is 79.1 Å². The van der Waals surface area contributed by atoms with Crippen molar-refractivity contribution in [2.24, 2.45) is 5.73 Å². The number of nitrogens with two attached hydrogens (primary N) is 1. The van der Waals surface area contributed by atoms with E-state index >= 15 is 0 Å². The van der Waals surface area contributed by atoms with Crippen LogP contribution in [0.15, 0.2) is 24.3 Å². The molecule has 3 rings (SSSR count). The van der Waals surface area contributed by atoms with Gasteiger partial charge in [0.25, 0.3) is 0 Å². The second-order valence-corrected chi connectivity index (χ2v) is 6.33. The Bertz CT molecular complexity index is 614. The Morgan fingerprint density at radius 1 is 1.21 bits per heavy atom. The number of nitrogens with zero attached hydrogens (tertiary/aromatic N) is 3. The first-order chi connectivity index (χ1) is 11.6. The van der Waals surface area contributed by atoms with Crippen LogP contribution in [0.25, 0.3) is 0 Å². The fourth-order valence-electron chi connectivity index (χ4n) is 3.21. The van der Waals surface area contributed by atoms with E-state index in [0.29, 0.717) is 31.9 Å². The van der Waals surface area contributed by atoms with Gasteiger partial charge in [0.1, 0.15) is 11.8 Å². The molecule has 0 bridgehead atoms. The number of ether oxygens (including phenoxy) is 1. The minimum atomic E-state index is -0.537. The van der Waals surface area contributed by atoms with E-state index in [9.17, 15) is 9.59 Å². The van der Waals surface area contributed by atoms with E-state index in [0.717, 1.165) is 18.8 Å². The molecule has 24 heavy (non-hydrogen) atoms. The van der Waals surface area contributed by atoms with Gasteiger partial charge in [-0.1, -0.05) is 12.1 Å². The Balaban J connectivity index is 1.81. The Labute approximate surface area is 141 Å². The molecule has 0 radical (unpaired) electrons. The largest absolute Gasteiger partial charge is 0.491 e. The predicted molar refractivity (Wildman–Crippen MR) is 91.0 cm³/mol. The van der Waals surface area contributed by atoms with Gasteiger partial charge < -0.3 is 25.2 Å². The maximum atomic E-state index is 12.7. The third-order valence-corrected chi connectivity index (χ3v) is 4.69. The second kappa shape index (κ2) is 7.09. The summed E-state index contributed by atoms with van der Waals surface area (Å²) in [5.41, 5.74) is 6.34. The van der Waals surface area contributed by atoms with E-state index in [4.69, 9.17) is 10.5 Å². The van der Waals surface area contributed by atoms with E-state index in [1.54, 1.807) is 4.90 Å². The van der Waals surface area contributed by atoms with Crippen LogP contribution in [0.1, 0.15) is 6.42 Å². The molecule has 7 heteroatoms. The number of amides is 2. The number of likely N-dealkylation sites (N-methyl/N-ethyl adjacent to an activating group) is 1. The zero-order valence-corrected chi connectivity index (χ0v) is 14.0. The van der Waals surface area contributed by atoms with Crippen molar-refractivity contribution in [3.63, 3.8) is 0 Å². The van der Waals surface area contributed by atoms with E-state index in [2.05, 4.69) is 4.90 Å². The molecule has 1 aromatic carbocycles. The number of piperazine rings is 1. The average Bonchev–Trinajstić information content (AvgIpc) is 2.75. The number of hydrogen-bond donors (Lipinski definition) is 1. The van der Waals surface area contributed by atoms with Crippen LogP contribution in [0.4, 0.5) is 5.69 Å². The number of primary amides is 1. The van der Waals surface area contributed by atoms with Crippen molar-refractivity contribution in [2.45, 2.75) is 12.5 Å². The molecule has 2 N–H and O–H groups in total. The summed E-state index contributed by atoms with van der Waals surface area (Å²) in [5.74, 6) is 0.278. The highest BCUT2D eigenvalue weighted by Gasteiger charge is 2.32. The Hall–Kier alpha value is -2.28. The zero-order valence-electron chi connectivity index (χ0n) is 14.0. The Morgan fingerprint density at radius 3 is 2.62 bits per heavy atom. The zero-order chi connectivity index (χ0) is 17.1. The molecule has 1 fully saturated rings. The number of carbonyl (C=O) groups is 2. The van der Waals surface area contributed by atoms with E-state index < -0.39 is 11.9 Å². The van der Waals surface area contributed by atoms with Gasteiger partial charge in [-0.25, -0.2) is 0 Å². The molecule has 0 aliphatic carbocycles. The second-order valence-electron chi connectivity index (χ2n) is 6.33. The third-order valence-electron chi connectivity index (χ3n) is 4.69.